The van der Waals surface area contributed by atoms with Gasteiger partial charge in [0.25, 0.3) is 0 Å². The molecule has 6 heteroatoms. The predicted molar refractivity (Wildman–Crippen MR) is 88.6 cm³/mol. The molecule has 0 amide bonds. The van der Waals surface area contributed by atoms with Crippen molar-refractivity contribution in [2.24, 2.45) is 0 Å². The van der Waals surface area contributed by atoms with Crippen molar-refractivity contribution in [1.29, 1.82) is 0 Å². The molecule has 5 nitrogen and oxygen atoms in total. The van der Waals surface area contributed by atoms with E-state index in [2.05, 4.69) is 14.7 Å². The zero-order valence-corrected chi connectivity index (χ0v) is 14.2. The molecule has 0 saturated carbocycles. The van der Waals surface area contributed by atoms with E-state index in [9.17, 15) is 8.42 Å². The molecular formula is C17H21N3O2S. The Morgan fingerprint density at radius 3 is 2.52 bits per heavy atom. The lowest BCUT2D eigenvalue weighted by Crippen LogP contribution is -2.28. The molecule has 0 spiro atoms. The number of nitrogens with one attached hydrogen (secondary N) is 1. The second kappa shape index (κ2) is 6.37. The van der Waals surface area contributed by atoms with Crippen molar-refractivity contribution in [1.82, 2.24) is 14.7 Å². The van der Waals surface area contributed by atoms with Crippen LogP contribution in [0.3, 0.4) is 0 Å². The average molecular weight is 331 g/mol. The summed E-state index contributed by atoms with van der Waals surface area (Å²) in [5, 5.41) is 0. The number of hydrogen-bond acceptors (Lipinski definition) is 4. The van der Waals surface area contributed by atoms with E-state index in [1.54, 1.807) is 25.4 Å². The Labute approximate surface area is 137 Å². The number of fused-ring (bicyclic) bond motifs is 1. The van der Waals surface area contributed by atoms with Gasteiger partial charge < -0.3 is 0 Å². The summed E-state index contributed by atoms with van der Waals surface area (Å²) in [4.78, 5) is 8.73. The van der Waals surface area contributed by atoms with Gasteiger partial charge in [0, 0.05) is 12.4 Å². The first-order valence-electron chi connectivity index (χ1n) is 7.89. The topological polar surface area (TPSA) is 72.0 Å². The summed E-state index contributed by atoms with van der Waals surface area (Å²) < 4.78 is 28.0. The van der Waals surface area contributed by atoms with Crippen LogP contribution in [0.2, 0.25) is 0 Å². The maximum Gasteiger partial charge on any atom is 0.241 e. The summed E-state index contributed by atoms with van der Waals surface area (Å²) in [6, 6.07) is 5.03. The fourth-order valence-corrected chi connectivity index (χ4v) is 4.33. The molecule has 3 rings (SSSR count). The van der Waals surface area contributed by atoms with E-state index in [0.717, 1.165) is 30.5 Å². The highest BCUT2D eigenvalue weighted by atomic mass is 32.2. The lowest BCUT2D eigenvalue weighted by molar-refractivity contribution is 0.562. The lowest BCUT2D eigenvalue weighted by atomic mass is 9.92. The summed E-state index contributed by atoms with van der Waals surface area (Å²) in [5.41, 5.74) is 3.80. The van der Waals surface area contributed by atoms with Crippen LogP contribution in [-0.4, -0.2) is 18.4 Å². The maximum atomic E-state index is 12.7. The van der Waals surface area contributed by atoms with Crippen LogP contribution in [0, 0.1) is 6.92 Å². The lowest BCUT2D eigenvalue weighted by Gasteiger charge is -2.18. The van der Waals surface area contributed by atoms with Gasteiger partial charge >= 0.3 is 0 Å². The quantitative estimate of drug-likeness (QED) is 0.935. The second-order valence-corrected chi connectivity index (χ2v) is 7.72. The Kier molecular flexibility index (Phi) is 4.46. The van der Waals surface area contributed by atoms with Gasteiger partial charge in [0.1, 0.15) is 0 Å². The number of aromatic nitrogens is 2. The molecule has 1 atom stereocenters. The number of sulfonamides is 1. The fraction of sp³-hybridized carbons (Fsp3) is 0.412. The molecule has 0 bridgehead atoms. The minimum atomic E-state index is -3.58. The number of benzene rings is 1. The van der Waals surface area contributed by atoms with Crippen molar-refractivity contribution >= 4 is 10.0 Å². The van der Waals surface area contributed by atoms with E-state index in [4.69, 9.17) is 0 Å². The second-order valence-electron chi connectivity index (χ2n) is 6.01. The predicted octanol–water partition coefficient (Wildman–Crippen LogP) is 2.70. The molecule has 122 valence electrons. The third-order valence-electron chi connectivity index (χ3n) is 4.29. The van der Waals surface area contributed by atoms with Crippen LogP contribution in [-0.2, 0) is 22.9 Å². The van der Waals surface area contributed by atoms with Crippen molar-refractivity contribution < 1.29 is 8.42 Å². The smallest absolute Gasteiger partial charge is 0.241 e. The molecule has 1 aromatic heterocycles. The number of nitrogens with zero attached hydrogens (tertiary/aromatic N) is 2. The van der Waals surface area contributed by atoms with Gasteiger partial charge in [-0.25, -0.2) is 13.1 Å². The van der Waals surface area contributed by atoms with Crippen LogP contribution < -0.4 is 4.72 Å². The molecule has 0 saturated heterocycles. The number of rotatable bonds is 4. The molecule has 1 heterocycles. The Hall–Kier alpha value is -1.79. The summed E-state index contributed by atoms with van der Waals surface area (Å²) in [7, 11) is -3.58. The van der Waals surface area contributed by atoms with Crippen molar-refractivity contribution in [3.05, 3.63) is 53.1 Å². The molecular weight excluding hydrogens is 310 g/mol. The van der Waals surface area contributed by atoms with Gasteiger partial charge in [-0.05, 0) is 62.8 Å². The normalized spacial score (nSPS) is 15.9. The van der Waals surface area contributed by atoms with Gasteiger partial charge in [0.05, 0.1) is 22.3 Å². The van der Waals surface area contributed by atoms with Crippen LogP contribution in [0.1, 0.15) is 48.3 Å². The number of hydrogen-bond donors (Lipinski definition) is 1. The first kappa shape index (κ1) is 16.1. The highest BCUT2D eigenvalue weighted by Gasteiger charge is 2.22. The van der Waals surface area contributed by atoms with Crippen molar-refractivity contribution in [3.8, 4) is 0 Å². The summed E-state index contributed by atoms with van der Waals surface area (Å²) in [6.45, 7) is 3.61. The summed E-state index contributed by atoms with van der Waals surface area (Å²) in [5.74, 6) is 0. The largest absolute Gasteiger partial charge is 0.258 e. The minimum Gasteiger partial charge on any atom is -0.258 e. The van der Waals surface area contributed by atoms with Crippen molar-refractivity contribution in [3.63, 3.8) is 0 Å². The Balaban J connectivity index is 1.86. The SMILES string of the molecule is Cc1nccnc1[C@H](C)NS(=O)(=O)c1ccc2c(c1)CCCC2. The van der Waals surface area contributed by atoms with Crippen LogP contribution >= 0.6 is 0 Å². The zero-order valence-electron chi connectivity index (χ0n) is 13.4. The molecule has 0 fully saturated rings. The third kappa shape index (κ3) is 3.43. The van der Waals surface area contributed by atoms with Crippen LogP contribution in [0.25, 0.3) is 0 Å². The molecule has 2 aromatic rings. The summed E-state index contributed by atoms with van der Waals surface area (Å²) in [6.07, 6.45) is 7.48. The van der Waals surface area contributed by atoms with Gasteiger partial charge in [-0.15, -0.1) is 0 Å². The standard InChI is InChI=1S/C17H21N3O2S/c1-12-17(19-10-9-18-12)13(2)20-23(21,22)16-8-7-14-5-3-4-6-15(14)11-16/h7-11,13,20H,3-6H2,1-2H3/t13-/m0/s1. The summed E-state index contributed by atoms with van der Waals surface area (Å²) >= 11 is 0. The van der Waals surface area contributed by atoms with Gasteiger partial charge in [0.2, 0.25) is 10.0 Å². The van der Waals surface area contributed by atoms with E-state index in [0.29, 0.717) is 10.6 Å². The van der Waals surface area contributed by atoms with E-state index >= 15 is 0 Å². The molecule has 1 N–H and O–H groups in total. The van der Waals surface area contributed by atoms with Gasteiger partial charge in [0.15, 0.2) is 0 Å². The Morgan fingerprint density at radius 1 is 1.09 bits per heavy atom. The third-order valence-corrected chi connectivity index (χ3v) is 5.83. The van der Waals surface area contributed by atoms with Gasteiger partial charge in [-0.3, -0.25) is 9.97 Å². The van der Waals surface area contributed by atoms with Crippen LogP contribution in [0.5, 0.6) is 0 Å². The Bertz CT molecular complexity index is 818. The monoisotopic (exact) mass is 331 g/mol. The molecule has 0 aliphatic heterocycles. The Morgan fingerprint density at radius 2 is 1.78 bits per heavy atom. The molecule has 1 aromatic carbocycles. The van der Waals surface area contributed by atoms with Crippen molar-refractivity contribution in [2.45, 2.75) is 50.5 Å². The molecule has 0 unspecified atom stereocenters. The fourth-order valence-electron chi connectivity index (χ4n) is 3.08. The highest BCUT2D eigenvalue weighted by molar-refractivity contribution is 7.89. The van der Waals surface area contributed by atoms with E-state index in [1.807, 2.05) is 19.1 Å². The highest BCUT2D eigenvalue weighted by Crippen LogP contribution is 2.25. The maximum absolute atomic E-state index is 12.7. The average Bonchev–Trinajstić information content (AvgIpc) is 2.54. The molecule has 23 heavy (non-hydrogen) atoms. The van der Waals surface area contributed by atoms with E-state index in [-0.39, 0.29) is 0 Å². The van der Waals surface area contributed by atoms with Gasteiger partial charge in [-0.1, -0.05) is 6.07 Å². The number of aryl methyl sites for hydroxylation is 3. The minimum absolute atomic E-state index is 0.326. The van der Waals surface area contributed by atoms with E-state index < -0.39 is 16.1 Å². The first-order chi connectivity index (χ1) is 11.0. The van der Waals surface area contributed by atoms with Crippen LogP contribution in [0.4, 0.5) is 0 Å². The first-order valence-corrected chi connectivity index (χ1v) is 9.37. The molecule has 0 radical (unpaired) electrons. The van der Waals surface area contributed by atoms with Gasteiger partial charge in [-0.2, -0.15) is 0 Å². The molecule has 1 aliphatic rings. The van der Waals surface area contributed by atoms with Crippen molar-refractivity contribution in [2.75, 3.05) is 0 Å². The van der Waals surface area contributed by atoms with Crippen LogP contribution in [0.15, 0.2) is 35.5 Å². The van der Waals surface area contributed by atoms with E-state index in [1.165, 1.54) is 12.0 Å². The molecule has 1 aliphatic carbocycles. The zero-order chi connectivity index (χ0) is 16.4.